The summed E-state index contributed by atoms with van der Waals surface area (Å²) in [5.74, 6) is 0.521. The lowest BCUT2D eigenvalue weighted by atomic mass is 9.91. The van der Waals surface area contributed by atoms with Crippen molar-refractivity contribution in [2.24, 2.45) is 5.92 Å². The van der Waals surface area contributed by atoms with Crippen LogP contribution in [0.5, 0.6) is 0 Å². The zero-order chi connectivity index (χ0) is 19.3. The summed E-state index contributed by atoms with van der Waals surface area (Å²) in [6.45, 7) is 11.1. The number of nitrogens with one attached hydrogen (secondary N) is 1. The van der Waals surface area contributed by atoms with E-state index in [4.69, 9.17) is 9.84 Å². The predicted molar refractivity (Wildman–Crippen MR) is 105 cm³/mol. The summed E-state index contributed by atoms with van der Waals surface area (Å²) in [7, 11) is 3.59. The second kappa shape index (κ2) is 9.51. The van der Waals surface area contributed by atoms with Gasteiger partial charge in [0.1, 0.15) is 0 Å². The molecule has 0 aliphatic heterocycles. The number of aromatic nitrogens is 2. The summed E-state index contributed by atoms with van der Waals surface area (Å²) >= 11 is 0. The highest BCUT2D eigenvalue weighted by Gasteiger charge is 2.29. The number of fused-ring (bicyclic) bond motifs is 1. The molecule has 1 N–H and O–H groups in total. The van der Waals surface area contributed by atoms with Gasteiger partial charge in [0.2, 0.25) is 0 Å². The number of hydrogen-bond acceptors (Lipinski definition) is 4. The lowest BCUT2D eigenvalue weighted by Crippen LogP contribution is -2.36. The maximum absolute atomic E-state index is 12.6. The Labute approximate surface area is 158 Å². The van der Waals surface area contributed by atoms with Crippen molar-refractivity contribution < 1.29 is 9.53 Å². The third kappa shape index (κ3) is 5.55. The minimum atomic E-state index is 0.00902. The quantitative estimate of drug-likeness (QED) is 0.684. The first-order chi connectivity index (χ1) is 12.3. The van der Waals surface area contributed by atoms with E-state index in [0.29, 0.717) is 23.8 Å². The van der Waals surface area contributed by atoms with Gasteiger partial charge in [-0.3, -0.25) is 9.48 Å². The molecule has 1 aromatic rings. The van der Waals surface area contributed by atoms with Crippen LogP contribution in [0.3, 0.4) is 0 Å². The standard InChI is InChI=1S/C20H36N4O2/c1-14(2)13-24-18-9-8-16(21-10-7-11-26-15(3)4)12-17(18)19(22-24)20(25)23(5)6/h14-16,21H,7-13H2,1-6H3. The van der Waals surface area contributed by atoms with Crippen LogP contribution in [-0.4, -0.2) is 60.0 Å². The predicted octanol–water partition coefficient (Wildman–Crippen LogP) is 2.50. The van der Waals surface area contributed by atoms with Crippen LogP contribution in [0.4, 0.5) is 0 Å². The van der Waals surface area contributed by atoms with Gasteiger partial charge in [0.15, 0.2) is 5.69 Å². The highest BCUT2D eigenvalue weighted by atomic mass is 16.5. The third-order valence-electron chi connectivity index (χ3n) is 4.70. The number of carbonyl (C=O) groups is 1. The van der Waals surface area contributed by atoms with Crippen molar-refractivity contribution in [2.45, 2.75) is 72.1 Å². The molecular formula is C20H36N4O2. The van der Waals surface area contributed by atoms with E-state index in [1.807, 2.05) is 0 Å². The topological polar surface area (TPSA) is 59.4 Å². The Morgan fingerprint density at radius 1 is 1.35 bits per heavy atom. The fourth-order valence-electron chi connectivity index (χ4n) is 3.44. The lowest BCUT2D eigenvalue weighted by Gasteiger charge is -2.25. The van der Waals surface area contributed by atoms with Crippen molar-refractivity contribution in [3.05, 3.63) is 17.0 Å². The Hall–Kier alpha value is -1.40. The lowest BCUT2D eigenvalue weighted by molar-refractivity contribution is 0.0766. The molecule has 0 bridgehead atoms. The molecule has 1 unspecified atom stereocenters. The van der Waals surface area contributed by atoms with E-state index in [0.717, 1.165) is 50.9 Å². The van der Waals surface area contributed by atoms with Gasteiger partial charge in [-0.2, -0.15) is 5.10 Å². The molecule has 6 nitrogen and oxygen atoms in total. The van der Waals surface area contributed by atoms with E-state index in [-0.39, 0.29) is 5.91 Å². The molecule has 1 amide bonds. The van der Waals surface area contributed by atoms with E-state index >= 15 is 0 Å². The maximum Gasteiger partial charge on any atom is 0.274 e. The molecule has 1 aliphatic rings. The van der Waals surface area contributed by atoms with Crippen molar-refractivity contribution in [3.63, 3.8) is 0 Å². The van der Waals surface area contributed by atoms with Crippen molar-refractivity contribution in [1.29, 1.82) is 0 Å². The van der Waals surface area contributed by atoms with Crippen LogP contribution in [0.2, 0.25) is 0 Å². The van der Waals surface area contributed by atoms with E-state index in [1.165, 1.54) is 5.69 Å². The number of nitrogens with zero attached hydrogens (tertiary/aromatic N) is 3. The Morgan fingerprint density at radius 2 is 2.08 bits per heavy atom. The van der Waals surface area contributed by atoms with Crippen molar-refractivity contribution in [3.8, 4) is 0 Å². The van der Waals surface area contributed by atoms with Gasteiger partial charge < -0.3 is 15.0 Å². The Kier molecular flexibility index (Phi) is 7.65. The van der Waals surface area contributed by atoms with Gasteiger partial charge in [-0.15, -0.1) is 0 Å². The van der Waals surface area contributed by atoms with Gasteiger partial charge in [0.05, 0.1) is 6.10 Å². The summed E-state index contributed by atoms with van der Waals surface area (Å²) in [5, 5.41) is 8.33. The van der Waals surface area contributed by atoms with Gasteiger partial charge in [0, 0.05) is 44.5 Å². The summed E-state index contributed by atoms with van der Waals surface area (Å²) in [5.41, 5.74) is 3.04. The van der Waals surface area contributed by atoms with E-state index in [1.54, 1.807) is 19.0 Å². The number of rotatable bonds is 9. The molecule has 0 saturated carbocycles. The summed E-state index contributed by atoms with van der Waals surface area (Å²) in [6.07, 6.45) is 4.26. The van der Waals surface area contributed by atoms with E-state index < -0.39 is 0 Å². The molecular weight excluding hydrogens is 328 g/mol. The van der Waals surface area contributed by atoms with Crippen LogP contribution in [0, 0.1) is 5.92 Å². The first-order valence-corrected chi connectivity index (χ1v) is 9.94. The van der Waals surface area contributed by atoms with Crippen molar-refractivity contribution in [1.82, 2.24) is 20.0 Å². The Morgan fingerprint density at radius 3 is 2.69 bits per heavy atom. The van der Waals surface area contributed by atoms with Gasteiger partial charge in [0.25, 0.3) is 5.91 Å². The van der Waals surface area contributed by atoms with Gasteiger partial charge >= 0.3 is 0 Å². The largest absolute Gasteiger partial charge is 0.379 e. The summed E-state index contributed by atoms with van der Waals surface area (Å²) in [6, 6.07) is 0.409. The average molecular weight is 365 g/mol. The smallest absolute Gasteiger partial charge is 0.274 e. The van der Waals surface area contributed by atoms with Crippen LogP contribution in [0.15, 0.2) is 0 Å². The molecule has 148 valence electrons. The molecule has 0 radical (unpaired) electrons. The van der Waals surface area contributed by atoms with Crippen LogP contribution in [-0.2, 0) is 24.1 Å². The van der Waals surface area contributed by atoms with Crippen LogP contribution in [0.1, 0.15) is 62.3 Å². The fraction of sp³-hybridized carbons (Fsp3) is 0.800. The molecule has 1 aromatic heterocycles. The number of carbonyl (C=O) groups excluding carboxylic acids is 1. The maximum atomic E-state index is 12.6. The summed E-state index contributed by atoms with van der Waals surface area (Å²) < 4.78 is 7.67. The molecule has 0 spiro atoms. The highest BCUT2D eigenvalue weighted by Crippen LogP contribution is 2.26. The zero-order valence-electron chi connectivity index (χ0n) is 17.3. The van der Waals surface area contributed by atoms with Crippen LogP contribution >= 0.6 is 0 Å². The molecule has 1 heterocycles. The van der Waals surface area contributed by atoms with Crippen LogP contribution < -0.4 is 5.32 Å². The molecule has 1 aliphatic carbocycles. The first kappa shape index (κ1) is 20.9. The second-order valence-electron chi connectivity index (χ2n) is 8.22. The Balaban J connectivity index is 2.04. The molecule has 6 heteroatoms. The zero-order valence-corrected chi connectivity index (χ0v) is 17.3. The number of hydrogen-bond donors (Lipinski definition) is 1. The minimum absolute atomic E-state index is 0.00902. The van der Waals surface area contributed by atoms with E-state index in [9.17, 15) is 4.79 Å². The number of amides is 1. The fourth-order valence-corrected chi connectivity index (χ4v) is 3.44. The molecule has 0 aromatic carbocycles. The number of ether oxygens (including phenoxy) is 1. The SMILES string of the molecule is CC(C)Cn1nc(C(=O)N(C)C)c2c1CCC(NCCCOC(C)C)C2. The van der Waals surface area contributed by atoms with Gasteiger partial charge in [-0.25, -0.2) is 0 Å². The van der Waals surface area contributed by atoms with Crippen molar-refractivity contribution >= 4 is 5.91 Å². The first-order valence-electron chi connectivity index (χ1n) is 9.94. The minimum Gasteiger partial charge on any atom is -0.379 e. The average Bonchev–Trinajstić information content (AvgIpc) is 2.90. The second-order valence-corrected chi connectivity index (χ2v) is 8.22. The van der Waals surface area contributed by atoms with Crippen molar-refractivity contribution in [2.75, 3.05) is 27.2 Å². The monoisotopic (exact) mass is 364 g/mol. The van der Waals surface area contributed by atoms with Crippen LogP contribution in [0.25, 0.3) is 0 Å². The van der Waals surface area contributed by atoms with Gasteiger partial charge in [-0.05, 0) is 52.0 Å². The van der Waals surface area contributed by atoms with E-state index in [2.05, 4.69) is 37.7 Å². The third-order valence-corrected chi connectivity index (χ3v) is 4.70. The van der Waals surface area contributed by atoms with Gasteiger partial charge in [-0.1, -0.05) is 13.8 Å². The molecule has 0 fully saturated rings. The molecule has 1 atom stereocenters. The Bertz CT molecular complexity index is 593. The normalized spacial score (nSPS) is 17.0. The molecule has 2 rings (SSSR count). The highest BCUT2D eigenvalue weighted by molar-refractivity contribution is 5.93. The summed E-state index contributed by atoms with van der Waals surface area (Å²) in [4.78, 5) is 14.2. The molecule has 0 saturated heterocycles. The molecule has 26 heavy (non-hydrogen) atoms.